The lowest BCUT2D eigenvalue weighted by molar-refractivity contribution is 0.112. The van der Waals surface area contributed by atoms with Crippen molar-refractivity contribution < 1.29 is 9.18 Å². The van der Waals surface area contributed by atoms with E-state index in [0.717, 1.165) is 17.8 Å². The first-order valence-electron chi connectivity index (χ1n) is 6.28. The van der Waals surface area contributed by atoms with Crippen molar-refractivity contribution in [2.75, 3.05) is 11.4 Å². The van der Waals surface area contributed by atoms with Crippen LogP contribution in [-0.2, 0) is 6.54 Å². The maximum Gasteiger partial charge on any atom is 0.152 e. The summed E-state index contributed by atoms with van der Waals surface area (Å²) in [5, 5.41) is 0. The quantitative estimate of drug-likeness (QED) is 0.762. The zero-order chi connectivity index (χ0) is 13.7. The van der Waals surface area contributed by atoms with Crippen LogP contribution in [0.3, 0.4) is 0 Å². The van der Waals surface area contributed by atoms with E-state index in [-0.39, 0.29) is 5.82 Å². The maximum absolute atomic E-state index is 13.2. The number of aldehydes is 1. The topological polar surface area (TPSA) is 20.3 Å². The number of halogens is 1. The Bertz CT molecular complexity index is 554. The molecule has 0 bridgehead atoms. The van der Waals surface area contributed by atoms with Gasteiger partial charge in [0.25, 0.3) is 0 Å². The molecule has 0 aliphatic heterocycles. The molecular weight excluding hydrogens is 241 g/mol. The smallest absolute Gasteiger partial charge is 0.152 e. The van der Waals surface area contributed by atoms with Gasteiger partial charge in [0, 0.05) is 24.3 Å². The average Bonchev–Trinajstić information content (AvgIpc) is 2.46. The van der Waals surface area contributed by atoms with Gasteiger partial charge in [0.2, 0.25) is 0 Å². The van der Waals surface area contributed by atoms with Gasteiger partial charge in [-0.15, -0.1) is 0 Å². The number of carbonyl (C=O) groups excluding carboxylic acids is 1. The van der Waals surface area contributed by atoms with Gasteiger partial charge >= 0.3 is 0 Å². The molecule has 0 saturated heterocycles. The molecule has 2 rings (SSSR count). The molecule has 0 N–H and O–H groups in total. The van der Waals surface area contributed by atoms with Crippen molar-refractivity contribution in [3.63, 3.8) is 0 Å². The number of nitrogens with zero attached hydrogens (tertiary/aromatic N) is 1. The summed E-state index contributed by atoms with van der Waals surface area (Å²) in [4.78, 5) is 13.1. The highest BCUT2D eigenvalue weighted by Crippen LogP contribution is 2.22. The second kappa shape index (κ2) is 6.14. The predicted molar refractivity (Wildman–Crippen MR) is 75.0 cm³/mol. The van der Waals surface area contributed by atoms with Crippen LogP contribution < -0.4 is 4.90 Å². The number of carbonyl (C=O) groups is 1. The van der Waals surface area contributed by atoms with E-state index in [0.29, 0.717) is 18.4 Å². The van der Waals surface area contributed by atoms with E-state index >= 15 is 0 Å². The zero-order valence-corrected chi connectivity index (χ0v) is 10.8. The molecule has 0 saturated carbocycles. The SMILES string of the molecule is CCN(Cc1ccccc1)c1ccc(F)cc1C=O. The highest BCUT2D eigenvalue weighted by molar-refractivity contribution is 5.84. The van der Waals surface area contributed by atoms with Crippen molar-refractivity contribution in [1.29, 1.82) is 0 Å². The van der Waals surface area contributed by atoms with E-state index in [9.17, 15) is 9.18 Å². The van der Waals surface area contributed by atoms with Crippen LogP contribution >= 0.6 is 0 Å². The Hall–Kier alpha value is -2.16. The fourth-order valence-electron chi connectivity index (χ4n) is 2.08. The third-order valence-electron chi connectivity index (χ3n) is 3.06. The van der Waals surface area contributed by atoms with Crippen molar-refractivity contribution in [1.82, 2.24) is 0 Å². The normalized spacial score (nSPS) is 10.2. The van der Waals surface area contributed by atoms with Gasteiger partial charge in [0.05, 0.1) is 0 Å². The first kappa shape index (κ1) is 13.3. The molecule has 0 heterocycles. The van der Waals surface area contributed by atoms with Crippen molar-refractivity contribution in [3.05, 3.63) is 65.5 Å². The largest absolute Gasteiger partial charge is 0.367 e. The molecule has 2 aromatic rings. The highest BCUT2D eigenvalue weighted by atomic mass is 19.1. The first-order chi connectivity index (χ1) is 9.24. The van der Waals surface area contributed by atoms with Gasteiger partial charge in [0.15, 0.2) is 6.29 Å². The Morgan fingerprint density at radius 1 is 1.16 bits per heavy atom. The lowest BCUT2D eigenvalue weighted by Crippen LogP contribution is -2.23. The van der Waals surface area contributed by atoms with E-state index in [2.05, 4.69) is 4.90 Å². The van der Waals surface area contributed by atoms with Crippen LogP contribution in [0.5, 0.6) is 0 Å². The summed E-state index contributed by atoms with van der Waals surface area (Å²) in [5.74, 6) is -0.387. The van der Waals surface area contributed by atoms with Gasteiger partial charge in [-0.25, -0.2) is 4.39 Å². The van der Waals surface area contributed by atoms with Crippen LogP contribution in [-0.4, -0.2) is 12.8 Å². The number of hydrogen-bond donors (Lipinski definition) is 0. The number of rotatable bonds is 5. The third kappa shape index (κ3) is 3.19. The van der Waals surface area contributed by atoms with Crippen LogP contribution in [0, 0.1) is 5.82 Å². The molecule has 0 amide bonds. The van der Waals surface area contributed by atoms with Gasteiger partial charge in [-0.2, -0.15) is 0 Å². The standard InChI is InChI=1S/C16H16FNO/c1-2-18(11-13-6-4-3-5-7-13)16-9-8-15(17)10-14(16)12-19/h3-10,12H,2,11H2,1H3. The van der Waals surface area contributed by atoms with E-state index in [1.165, 1.54) is 12.1 Å². The molecule has 3 heteroatoms. The Labute approximate surface area is 112 Å². The molecule has 0 aliphatic carbocycles. The molecule has 19 heavy (non-hydrogen) atoms. The summed E-state index contributed by atoms with van der Waals surface area (Å²) in [7, 11) is 0. The summed E-state index contributed by atoms with van der Waals surface area (Å²) in [5.41, 5.74) is 2.31. The summed E-state index contributed by atoms with van der Waals surface area (Å²) >= 11 is 0. The number of benzene rings is 2. The molecule has 0 unspecified atom stereocenters. The van der Waals surface area contributed by atoms with Crippen molar-refractivity contribution in [2.24, 2.45) is 0 Å². The van der Waals surface area contributed by atoms with Crippen LogP contribution in [0.25, 0.3) is 0 Å². The van der Waals surface area contributed by atoms with Gasteiger partial charge < -0.3 is 4.90 Å². The monoisotopic (exact) mass is 257 g/mol. The van der Waals surface area contributed by atoms with Crippen molar-refractivity contribution in [3.8, 4) is 0 Å². The molecule has 0 atom stereocenters. The lowest BCUT2D eigenvalue weighted by atomic mass is 10.1. The van der Waals surface area contributed by atoms with Gasteiger partial charge in [-0.3, -0.25) is 4.79 Å². The van der Waals surface area contributed by atoms with Crippen LogP contribution in [0.2, 0.25) is 0 Å². The van der Waals surface area contributed by atoms with E-state index < -0.39 is 0 Å². The van der Waals surface area contributed by atoms with Gasteiger partial charge in [0.1, 0.15) is 5.82 Å². The molecule has 0 aromatic heterocycles. The minimum absolute atomic E-state index is 0.387. The lowest BCUT2D eigenvalue weighted by Gasteiger charge is -2.24. The minimum atomic E-state index is -0.387. The van der Waals surface area contributed by atoms with E-state index in [1.54, 1.807) is 6.07 Å². The molecule has 0 aliphatic rings. The fraction of sp³-hybridized carbons (Fsp3) is 0.188. The summed E-state index contributed by atoms with van der Waals surface area (Å²) in [6.45, 7) is 3.46. The Balaban J connectivity index is 2.29. The molecule has 0 spiro atoms. The first-order valence-corrected chi connectivity index (χ1v) is 6.28. The Morgan fingerprint density at radius 3 is 2.53 bits per heavy atom. The van der Waals surface area contributed by atoms with Crippen molar-refractivity contribution in [2.45, 2.75) is 13.5 Å². The molecule has 98 valence electrons. The summed E-state index contributed by atoms with van der Waals surface area (Å²) < 4.78 is 13.2. The summed E-state index contributed by atoms with van der Waals surface area (Å²) in [6, 6.07) is 14.3. The second-order valence-corrected chi connectivity index (χ2v) is 4.32. The Morgan fingerprint density at radius 2 is 1.89 bits per heavy atom. The number of hydrogen-bond acceptors (Lipinski definition) is 2. The molecule has 0 fully saturated rings. The zero-order valence-electron chi connectivity index (χ0n) is 10.8. The molecule has 2 nitrogen and oxygen atoms in total. The van der Waals surface area contributed by atoms with Crippen molar-refractivity contribution >= 4 is 12.0 Å². The fourth-order valence-corrected chi connectivity index (χ4v) is 2.08. The van der Waals surface area contributed by atoms with Crippen LogP contribution in [0.15, 0.2) is 48.5 Å². The predicted octanol–water partition coefficient (Wildman–Crippen LogP) is 3.66. The molecular formula is C16H16FNO. The molecule has 0 radical (unpaired) electrons. The van der Waals surface area contributed by atoms with E-state index in [1.807, 2.05) is 37.3 Å². The summed E-state index contributed by atoms with van der Waals surface area (Å²) in [6.07, 6.45) is 0.700. The Kier molecular flexibility index (Phi) is 4.29. The second-order valence-electron chi connectivity index (χ2n) is 4.32. The maximum atomic E-state index is 13.2. The highest BCUT2D eigenvalue weighted by Gasteiger charge is 2.10. The van der Waals surface area contributed by atoms with Crippen LogP contribution in [0.1, 0.15) is 22.8 Å². The van der Waals surface area contributed by atoms with Crippen LogP contribution in [0.4, 0.5) is 10.1 Å². The third-order valence-corrected chi connectivity index (χ3v) is 3.06. The minimum Gasteiger partial charge on any atom is -0.367 e. The van der Waals surface area contributed by atoms with Gasteiger partial charge in [-0.1, -0.05) is 30.3 Å². The van der Waals surface area contributed by atoms with E-state index in [4.69, 9.17) is 0 Å². The van der Waals surface area contributed by atoms with Gasteiger partial charge in [-0.05, 0) is 30.7 Å². The average molecular weight is 257 g/mol. The molecule has 2 aromatic carbocycles. The number of anilines is 1.